The van der Waals surface area contributed by atoms with Crippen molar-refractivity contribution in [3.05, 3.63) is 58.6 Å². The van der Waals surface area contributed by atoms with Crippen LogP contribution >= 0.6 is 30.9 Å². The van der Waals surface area contributed by atoms with Crippen molar-refractivity contribution in [3.8, 4) is 0 Å². The molecule has 0 atom stereocenters. The quantitative estimate of drug-likeness (QED) is 0.720. The van der Waals surface area contributed by atoms with E-state index in [0.29, 0.717) is 21.4 Å². The van der Waals surface area contributed by atoms with Crippen LogP contribution in [0.5, 0.6) is 0 Å². The van der Waals surface area contributed by atoms with E-state index in [1.807, 2.05) is 0 Å². The molecule has 0 spiro atoms. The third kappa shape index (κ3) is 3.88. The first-order valence-corrected chi connectivity index (χ1v) is 7.78. The van der Waals surface area contributed by atoms with E-state index in [4.69, 9.17) is 23.2 Å². The fraction of sp³-hybridized carbons (Fsp3) is 0. The predicted molar refractivity (Wildman–Crippen MR) is 80.0 cm³/mol. The molecule has 0 unspecified atom stereocenters. The number of rotatable bonds is 4. The highest BCUT2D eigenvalue weighted by Crippen LogP contribution is 2.44. The Balaban J connectivity index is 2.18. The van der Waals surface area contributed by atoms with E-state index in [2.05, 4.69) is 10.2 Å². The van der Waals surface area contributed by atoms with E-state index in [0.717, 1.165) is 0 Å². The first-order chi connectivity index (χ1) is 8.98. The van der Waals surface area contributed by atoms with E-state index < -0.39 is 7.67 Å². The average Bonchev–Trinajstić information content (AvgIpc) is 2.35. The highest BCUT2D eigenvalue weighted by Gasteiger charge is 2.20. The lowest BCUT2D eigenvalue weighted by Crippen LogP contribution is -2.06. The summed E-state index contributed by atoms with van der Waals surface area (Å²) in [6.07, 6.45) is 0. The van der Waals surface area contributed by atoms with Crippen LogP contribution in [0.15, 0.2) is 48.5 Å². The SMILES string of the molecule is O=P(O)(Nc1ccccc1Cl)Nc1ccccc1Cl. The van der Waals surface area contributed by atoms with Gasteiger partial charge < -0.3 is 4.89 Å². The van der Waals surface area contributed by atoms with Gasteiger partial charge in [-0.1, -0.05) is 47.5 Å². The molecule has 0 saturated carbocycles. The maximum Gasteiger partial charge on any atom is 0.389 e. The molecule has 7 heteroatoms. The summed E-state index contributed by atoms with van der Waals surface area (Å²) in [6.45, 7) is 0. The number of hydrogen-bond donors (Lipinski definition) is 3. The number of benzene rings is 2. The van der Waals surface area contributed by atoms with Crippen molar-refractivity contribution in [2.24, 2.45) is 0 Å². The number of anilines is 2. The number of nitrogens with one attached hydrogen (secondary N) is 2. The molecule has 2 aromatic carbocycles. The van der Waals surface area contributed by atoms with Crippen molar-refractivity contribution in [2.75, 3.05) is 10.2 Å². The summed E-state index contributed by atoms with van der Waals surface area (Å²) < 4.78 is 12.1. The maximum absolute atomic E-state index is 12.1. The van der Waals surface area contributed by atoms with E-state index in [-0.39, 0.29) is 0 Å². The number of para-hydroxylation sites is 2. The summed E-state index contributed by atoms with van der Waals surface area (Å²) in [4.78, 5) is 9.89. The zero-order valence-corrected chi connectivity index (χ0v) is 12.1. The van der Waals surface area contributed by atoms with Gasteiger partial charge in [0.15, 0.2) is 0 Å². The minimum absolute atomic E-state index is 0.359. The zero-order chi connectivity index (χ0) is 13.9. The van der Waals surface area contributed by atoms with Crippen molar-refractivity contribution < 1.29 is 9.46 Å². The van der Waals surface area contributed by atoms with Crippen molar-refractivity contribution in [3.63, 3.8) is 0 Å². The van der Waals surface area contributed by atoms with Gasteiger partial charge in [0.2, 0.25) is 0 Å². The van der Waals surface area contributed by atoms with Crippen molar-refractivity contribution in [2.45, 2.75) is 0 Å². The summed E-state index contributed by atoms with van der Waals surface area (Å²) in [6, 6.07) is 13.4. The predicted octanol–water partition coefficient (Wildman–Crippen LogP) is 4.62. The Labute approximate surface area is 120 Å². The molecular weight excluding hydrogens is 306 g/mol. The minimum Gasteiger partial charge on any atom is -0.313 e. The lowest BCUT2D eigenvalue weighted by atomic mass is 10.3. The van der Waals surface area contributed by atoms with Gasteiger partial charge in [-0.15, -0.1) is 0 Å². The molecule has 0 fully saturated rings. The summed E-state index contributed by atoms with van der Waals surface area (Å²) in [5.41, 5.74) is 0.740. The normalized spacial score (nSPS) is 11.1. The second-order valence-electron chi connectivity index (χ2n) is 3.76. The van der Waals surface area contributed by atoms with Gasteiger partial charge in [-0.05, 0) is 24.3 Å². The molecule has 0 radical (unpaired) electrons. The van der Waals surface area contributed by atoms with Crippen LogP contribution in [0.25, 0.3) is 0 Å². The molecule has 0 aliphatic carbocycles. The van der Waals surface area contributed by atoms with Gasteiger partial charge in [0.05, 0.1) is 21.4 Å². The Bertz CT molecular complexity index is 585. The third-order valence-corrected chi connectivity index (χ3v) is 4.04. The second-order valence-corrected chi connectivity index (χ2v) is 6.17. The minimum atomic E-state index is -3.86. The zero-order valence-electron chi connectivity index (χ0n) is 9.68. The average molecular weight is 317 g/mol. The second kappa shape index (κ2) is 5.85. The fourth-order valence-electron chi connectivity index (χ4n) is 1.46. The van der Waals surface area contributed by atoms with Gasteiger partial charge in [0.25, 0.3) is 0 Å². The van der Waals surface area contributed by atoms with Gasteiger partial charge in [0, 0.05) is 0 Å². The summed E-state index contributed by atoms with van der Waals surface area (Å²) >= 11 is 11.8. The molecule has 3 N–H and O–H groups in total. The van der Waals surface area contributed by atoms with Crippen molar-refractivity contribution >= 4 is 42.2 Å². The van der Waals surface area contributed by atoms with Gasteiger partial charge in [-0.25, -0.2) is 4.57 Å². The molecule has 100 valence electrons. The molecule has 0 aliphatic rings. The largest absolute Gasteiger partial charge is 0.389 e. The Morgan fingerprint density at radius 2 is 1.21 bits per heavy atom. The smallest absolute Gasteiger partial charge is 0.313 e. The molecule has 4 nitrogen and oxygen atoms in total. The molecule has 19 heavy (non-hydrogen) atoms. The van der Waals surface area contributed by atoms with Crippen LogP contribution in [0.2, 0.25) is 10.0 Å². The van der Waals surface area contributed by atoms with E-state index >= 15 is 0 Å². The molecule has 0 aliphatic heterocycles. The highest BCUT2D eigenvalue weighted by molar-refractivity contribution is 7.61. The first kappa shape index (κ1) is 14.2. The molecule has 2 rings (SSSR count). The molecule has 2 aromatic rings. The Morgan fingerprint density at radius 3 is 1.58 bits per heavy atom. The first-order valence-electron chi connectivity index (χ1n) is 5.36. The van der Waals surface area contributed by atoms with Crippen LogP contribution in [0.3, 0.4) is 0 Å². The van der Waals surface area contributed by atoms with Gasteiger partial charge >= 0.3 is 7.67 Å². The van der Waals surface area contributed by atoms with E-state index in [1.54, 1.807) is 48.5 Å². The summed E-state index contributed by atoms with van der Waals surface area (Å²) in [5.74, 6) is 0. The maximum atomic E-state index is 12.1. The van der Waals surface area contributed by atoms with E-state index in [9.17, 15) is 9.46 Å². The van der Waals surface area contributed by atoms with Crippen LogP contribution in [0, 0.1) is 0 Å². The van der Waals surface area contributed by atoms with Gasteiger partial charge in [-0.3, -0.25) is 10.2 Å². The van der Waals surface area contributed by atoms with Gasteiger partial charge in [-0.2, -0.15) is 0 Å². The molecule has 0 heterocycles. The van der Waals surface area contributed by atoms with Crippen molar-refractivity contribution in [1.29, 1.82) is 0 Å². The van der Waals surface area contributed by atoms with Crippen LogP contribution in [0.4, 0.5) is 11.4 Å². The molecule has 0 aromatic heterocycles. The number of hydrogen-bond acceptors (Lipinski definition) is 1. The molecule has 0 amide bonds. The van der Waals surface area contributed by atoms with Crippen LogP contribution in [-0.2, 0) is 4.57 Å². The Kier molecular flexibility index (Phi) is 4.38. The number of halogens is 2. The monoisotopic (exact) mass is 316 g/mol. The van der Waals surface area contributed by atoms with Gasteiger partial charge in [0.1, 0.15) is 0 Å². The van der Waals surface area contributed by atoms with Crippen LogP contribution in [0.1, 0.15) is 0 Å². The highest BCUT2D eigenvalue weighted by atomic mass is 35.5. The lowest BCUT2D eigenvalue weighted by Gasteiger charge is -2.17. The molecular formula is C12H11Cl2N2O2P. The van der Waals surface area contributed by atoms with E-state index in [1.165, 1.54) is 0 Å². The summed E-state index contributed by atoms with van der Waals surface area (Å²) in [5, 5.41) is 5.66. The lowest BCUT2D eigenvalue weighted by molar-refractivity contribution is 0.490. The summed E-state index contributed by atoms with van der Waals surface area (Å²) in [7, 11) is -3.86. The topological polar surface area (TPSA) is 61.4 Å². The molecule has 0 saturated heterocycles. The van der Waals surface area contributed by atoms with Crippen LogP contribution in [-0.4, -0.2) is 4.89 Å². The standard InChI is InChI=1S/C12H11Cl2N2O2P/c13-9-5-1-3-7-11(9)15-19(17,18)16-12-8-4-2-6-10(12)14/h1-8H,(H3,15,16,17,18). The van der Waals surface area contributed by atoms with Crippen molar-refractivity contribution in [1.82, 2.24) is 0 Å². The Morgan fingerprint density at radius 1 is 0.842 bits per heavy atom. The third-order valence-electron chi connectivity index (χ3n) is 2.29. The molecule has 0 bridgehead atoms. The Hall–Kier alpha value is -1.19. The fourth-order valence-corrected chi connectivity index (χ4v) is 3.05. The van der Waals surface area contributed by atoms with Crippen LogP contribution < -0.4 is 10.2 Å².